The van der Waals surface area contributed by atoms with Gasteiger partial charge in [0.15, 0.2) is 0 Å². The molecule has 1 rings (SSSR count). The predicted octanol–water partition coefficient (Wildman–Crippen LogP) is 3.62. The van der Waals surface area contributed by atoms with Crippen LogP contribution in [0.5, 0.6) is 0 Å². The van der Waals surface area contributed by atoms with E-state index >= 15 is 0 Å². The maximum Gasteiger partial charge on any atom is 0.393 e. The molecule has 114 valence electrons. The number of nitrogens with zero attached hydrogens (tertiary/aromatic N) is 1. The highest BCUT2D eigenvalue weighted by Crippen LogP contribution is 2.64. The zero-order valence-electron chi connectivity index (χ0n) is 8.06. The van der Waals surface area contributed by atoms with Gasteiger partial charge in [-0.3, -0.25) is 0 Å². The van der Waals surface area contributed by atoms with E-state index < -0.39 is 41.3 Å². The second-order valence-corrected chi connectivity index (χ2v) is 3.45. The van der Waals surface area contributed by atoms with Crippen LogP contribution >= 0.6 is 0 Å². The van der Waals surface area contributed by atoms with Crippen LogP contribution < -0.4 is 0 Å². The molecule has 19 heavy (non-hydrogen) atoms. The first kappa shape index (κ1) is 16.2. The molecule has 1 nitrogen and oxygen atoms in total. The number of halogens is 12. The van der Waals surface area contributed by atoms with Crippen molar-refractivity contribution in [1.82, 2.24) is 4.90 Å². The number of hydrogen-bond donors (Lipinski definition) is 0. The van der Waals surface area contributed by atoms with Crippen molar-refractivity contribution < 1.29 is 52.7 Å². The normalized spacial score (nSPS) is 31.4. The van der Waals surface area contributed by atoms with Crippen LogP contribution in [0.2, 0.25) is 0 Å². The first-order valence-electron chi connectivity index (χ1n) is 4.03. The monoisotopic (exact) mass is 315 g/mol. The van der Waals surface area contributed by atoms with E-state index in [0.29, 0.717) is 0 Å². The van der Waals surface area contributed by atoms with E-state index in [4.69, 9.17) is 0 Å². The first-order valence-corrected chi connectivity index (χ1v) is 4.03. The molecule has 1 saturated heterocycles. The van der Waals surface area contributed by atoms with E-state index in [2.05, 4.69) is 0 Å². The molecule has 1 aliphatic heterocycles. The molecular weight excluding hydrogens is 314 g/mol. The van der Waals surface area contributed by atoms with Gasteiger partial charge in [-0.2, -0.15) is 52.7 Å². The second kappa shape index (κ2) is 3.61. The summed E-state index contributed by atoms with van der Waals surface area (Å²) in [5.41, 5.74) is 0. The summed E-state index contributed by atoms with van der Waals surface area (Å²) >= 11 is 0. The Morgan fingerprint density at radius 1 is 0.526 bits per heavy atom. The summed E-state index contributed by atoms with van der Waals surface area (Å²) in [5.74, 6) is -21.5. The van der Waals surface area contributed by atoms with Gasteiger partial charge >= 0.3 is 36.4 Å². The minimum Gasteiger partial charge on any atom is -0.192 e. The van der Waals surface area contributed by atoms with Gasteiger partial charge in [-0.1, -0.05) is 0 Å². The van der Waals surface area contributed by atoms with Crippen LogP contribution in [0.1, 0.15) is 0 Å². The molecule has 0 aromatic carbocycles. The molecule has 1 fully saturated rings. The molecule has 0 atom stereocenters. The van der Waals surface area contributed by atoms with Crippen LogP contribution in [0.15, 0.2) is 0 Å². The van der Waals surface area contributed by atoms with Crippen molar-refractivity contribution in [2.75, 3.05) is 0 Å². The Hall–Kier alpha value is -0.880. The summed E-state index contributed by atoms with van der Waals surface area (Å²) in [6, 6.07) is -13.8. The number of alkyl halides is 12. The second-order valence-electron chi connectivity index (χ2n) is 3.45. The Bertz CT molecular complexity index is 342. The van der Waals surface area contributed by atoms with E-state index in [1.165, 1.54) is 0 Å². The van der Waals surface area contributed by atoms with E-state index in [1.54, 1.807) is 0 Å². The van der Waals surface area contributed by atoms with E-state index in [-0.39, 0.29) is 0 Å². The fourth-order valence-electron chi connectivity index (χ4n) is 1.30. The molecule has 13 heteroatoms. The molecule has 0 aliphatic carbocycles. The van der Waals surface area contributed by atoms with Gasteiger partial charge in [-0.15, -0.1) is 4.90 Å². The van der Waals surface area contributed by atoms with Crippen LogP contribution in [-0.2, 0) is 0 Å². The predicted molar refractivity (Wildman–Crippen MR) is 32.6 cm³/mol. The van der Waals surface area contributed by atoms with Gasteiger partial charge in [-0.05, 0) is 0 Å². The van der Waals surface area contributed by atoms with Crippen molar-refractivity contribution in [3.63, 3.8) is 0 Å². The Kier molecular flexibility index (Phi) is 3.07. The van der Waals surface area contributed by atoms with Crippen molar-refractivity contribution in [2.24, 2.45) is 0 Å². The van der Waals surface area contributed by atoms with Gasteiger partial charge in [-0.25, -0.2) is 0 Å². The fourth-order valence-corrected chi connectivity index (χ4v) is 1.30. The maximum atomic E-state index is 12.6. The lowest BCUT2D eigenvalue weighted by atomic mass is 9.94. The Labute approximate surface area is 95.3 Å². The van der Waals surface area contributed by atoms with Crippen LogP contribution in [0.3, 0.4) is 0 Å². The molecule has 0 unspecified atom stereocenters. The van der Waals surface area contributed by atoms with Gasteiger partial charge < -0.3 is 0 Å². The van der Waals surface area contributed by atoms with Gasteiger partial charge in [0.25, 0.3) is 0 Å². The highest BCUT2D eigenvalue weighted by atomic mass is 19.4. The number of hydrogen-bond acceptors (Lipinski definition) is 1. The fraction of sp³-hybridized carbons (Fsp3) is 1.00. The molecular formula is C6HF12N. The Balaban J connectivity index is 3.65. The molecule has 0 spiro atoms. The quantitative estimate of drug-likeness (QED) is 0.528. The van der Waals surface area contributed by atoms with Crippen LogP contribution in [0, 0.1) is 0 Å². The van der Waals surface area contributed by atoms with E-state index in [0.717, 1.165) is 0 Å². The number of likely N-dealkylation sites (tertiary alicyclic amines) is 1. The first-order chi connectivity index (χ1) is 8.07. The summed E-state index contributed by atoms with van der Waals surface area (Å²) in [4.78, 5) is -3.22. The minimum absolute atomic E-state index is 3.22. The summed E-state index contributed by atoms with van der Waals surface area (Å²) in [6.07, 6.45) is 0. The molecule has 0 radical (unpaired) electrons. The summed E-state index contributed by atoms with van der Waals surface area (Å²) < 4.78 is 149. The smallest absolute Gasteiger partial charge is 0.192 e. The van der Waals surface area contributed by atoms with Crippen molar-refractivity contribution >= 4 is 0 Å². The zero-order valence-corrected chi connectivity index (χ0v) is 8.06. The molecule has 1 aliphatic rings. The largest absolute Gasteiger partial charge is 0.393 e. The van der Waals surface area contributed by atoms with Crippen molar-refractivity contribution in [1.29, 1.82) is 0 Å². The standard InChI is InChI=1S/C6HF12N/c7-1(8)19-5(15,16)3(11,12)2(9,10)4(13,14)6(19,17)18/h1H. The lowest BCUT2D eigenvalue weighted by Gasteiger charge is -2.50. The van der Waals surface area contributed by atoms with Gasteiger partial charge in [0.2, 0.25) is 0 Å². The third-order valence-electron chi connectivity index (χ3n) is 2.34. The number of piperidine rings is 1. The third kappa shape index (κ3) is 1.50. The lowest BCUT2D eigenvalue weighted by molar-refractivity contribution is -0.522. The van der Waals surface area contributed by atoms with Crippen molar-refractivity contribution in [3.8, 4) is 0 Å². The Morgan fingerprint density at radius 3 is 1.00 bits per heavy atom. The van der Waals surface area contributed by atoms with Crippen LogP contribution in [-0.4, -0.2) is 41.3 Å². The molecule has 0 bridgehead atoms. The van der Waals surface area contributed by atoms with Gasteiger partial charge in [0.05, 0.1) is 0 Å². The van der Waals surface area contributed by atoms with E-state index in [9.17, 15) is 52.7 Å². The average Bonchev–Trinajstić information content (AvgIpc) is 2.12. The van der Waals surface area contributed by atoms with Crippen molar-refractivity contribution in [2.45, 2.75) is 36.4 Å². The molecule has 0 amide bonds. The maximum absolute atomic E-state index is 12.6. The topological polar surface area (TPSA) is 3.24 Å². The highest BCUT2D eigenvalue weighted by Gasteiger charge is 2.96. The van der Waals surface area contributed by atoms with Crippen LogP contribution in [0.25, 0.3) is 0 Å². The summed E-state index contributed by atoms with van der Waals surface area (Å²) in [7, 11) is 0. The molecule has 0 N–H and O–H groups in total. The van der Waals surface area contributed by atoms with Gasteiger partial charge in [0.1, 0.15) is 0 Å². The number of rotatable bonds is 1. The molecule has 0 aromatic heterocycles. The Morgan fingerprint density at radius 2 is 0.789 bits per heavy atom. The minimum atomic E-state index is -7.24. The molecule has 1 heterocycles. The van der Waals surface area contributed by atoms with E-state index in [1.807, 2.05) is 0 Å². The summed E-state index contributed by atoms with van der Waals surface area (Å²) in [6.45, 7) is -5.24. The zero-order chi connectivity index (χ0) is 15.7. The average molecular weight is 315 g/mol. The van der Waals surface area contributed by atoms with Crippen LogP contribution in [0.4, 0.5) is 52.7 Å². The lowest BCUT2D eigenvalue weighted by Crippen LogP contribution is -2.82. The van der Waals surface area contributed by atoms with Gasteiger partial charge in [0, 0.05) is 0 Å². The summed E-state index contributed by atoms with van der Waals surface area (Å²) in [5, 5.41) is 0. The molecule has 0 aromatic rings. The highest BCUT2D eigenvalue weighted by molar-refractivity contribution is 5.14. The van der Waals surface area contributed by atoms with Crippen molar-refractivity contribution in [3.05, 3.63) is 0 Å². The third-order valence-corrected chi connectivity index (χ3v) is 2.34. The molecule has 0 saturated carbocycles. The SMILES string of the molecule is FC(F)N1C(F)(F)C(F)(F)C(F)(F)C(F)(F)C1(F)F.